The van der Waals surface area contributed by atoms with Gasteiger partial charge in [-0.2, -0.15) is 5.10 Å². The molecule has 0 atom stereocenters. The molecule has 1 N–H and O–H groups in total. The number of nitrogens with one attached hydrogen (secondary N) is 1. The van der Waals surface area contributed by atoms with E-state index in [1.54, 1.807) is 4.68 Å². The van der Waals surface area contributed by atoms with E-state index in [-0.39, 0.29) is 5.91 Å². The summed E-state index contributed by atoms with van der Waals surface area (Å²) in [4.78, 5) is 11.8. The molecule has 0 spiro atoms. The molecule has 0 saturated heterocycles. The van der Waals surface area contributed by atoms with Crippen LogP contribution in [-0.2, 0) is 7.05 Å². The summed E-state index contributed by atoms with van der Waals surface area (Å²) in [6, 6.07) is 7.70. The normalized spacial score (nSPS) is 10.6. The first-order chi connectivity index (χ1) is 7.74. The van der Waals surface area contributed by atoms with Crippen LogP contribution in [0.15, 0.2) is 24.3 Å². The monoisotopic (exact) mass is 281 g/mol. The maximum Gasteiger partial charge on any atom is 0.272 e. The van der Waals surface area contributed by atoms with Gasteiger partial charge in [-0.05, 0) is 6.07 Å². The van der Waals surface area contributed by atoms with Crippen LogP contribution >= 0.6 is 15.9 Å². The van der Waals surface area contributed by atoms with Crippen LogP contribution in [0.1, 0.15) is 10.5 Å². The molecule has 5 heteroatoms. The molecule has 0 radical (unpaired) electrons. The third-order valence-electron chi connectivity index (χ3n) is 2.35. The lowest BCUT2D eigenvalue weighted by Gasteiger charge is -1.99. The van der Waals surface area contributed by atoms with Crippen LogP contribution in [0.2, 0.25) is 0 Å². The molecule has 0 aliphatic heterocycles. The number of para-hydroxylation sites is 1. The minimum Gasteiger partial charge on any atom is -0.350 e. The first-order valence-corrected chi connectivity index (χ1v) is 6.12. The largest absolute Gasteiger partial charge is 0.350 e. The number of carbonyl (C=O) groups excluding carboxylic acids is 1. The quantitative estimate of drug-likeness (QED) is 0.871. The summed E-state index contributed by atoms with van der Waals surface area (Å²) in [5, 5.41) is 8.65. The Hall–Kier alpha value is -1.36. The summed E-state index contributed by atoms with van der Waals surface area (Å²) in [5.74, 6) is -0.128. The maximum absolute atomic E-state index is 11.8. The molecule has 2 rings (SSSR count). The molecule has 0 unspecified atom stereocenters. The zero-order valence-electron chi connectivity index (χ0n) is 8.90. The molecular formula is C11H12BrN3O. The maximum atomic E-state index is 11.8. The molecule has 4 nitrogen and oxygen atoms in total. The molecule has 0 bridgehead atoms. The van der Waals surface area contributed by atoms with Crippen molar-refractivity contribution in [1.82, 2.24) is 15.1 Å². The fourth-order valence-electron chi connectivity index (χ4n) is 1.63. The van der Waals surface area contributed by atoms with Crippen LogP contribution in [0, 0.1) is 0 Å². The lowest BCUT2D eigenvalue weighted by molar-refractivity contribution is 0.0952. The van der Waals surface area contributed by atoms with Gasteiger partial charge < -0.3 is 5.32 Å². The smallest absolute Gasteiger partial charge is 0.272 e. The number of fused-ring (bicyclic) bond motifs is 1. The van der Waals surface area contributed by atoms with Crippen LogP contribution in [-0.4, -0.2) is 27.6 Å². The number of alkyl halides is 1. The third kappa shape index (κ3) is 1.95. The second-order valence-electron chi connectivity index (χ2n) is 3.43. The lowest BCUT2D eigenvalue weighted by atomic mass is 10.2. The number of halogens is 1. The molecule has 1 amide bonds. The van der Waals surface area contributed by atoms with Crippen molar-refractivity contribution in [1.29, 1.82) is 0 Å². The van der Waals surface area contributed by atoms with Crippen LogP contribution in [0.4, 0.5) is 0 Å². The molecule has 16 heavy (non-hydrogen) atoms. The number of rotatable bonds is 3. The van der Waals surface area contributed by atoms with Gasteiger partial charge in [0.25, 0.3) is 5.91 Å². The Morgan fingerprint density at radius 1 is 1.50 bits per heavy atom. The number of hydrogen-bond acceptors (Lipinski definition) is 2. The van der Waals surface area contributed by atoms with Gasteiger partial charge in [-0.1, -0.05) is 34.1 Å². The third-order valence-corrected chi connectivity index (χ3v) is 2.75. The van der Waals surface area contributed by atoms with Crippen molar-refractivity contribution in [3.05, 3.63) is 30.0 Å². The van der Waals surface area contributed by atoms with E-state index in [4.69, 9.17) is 0 Å². The van der Waals surface area contributed by atoms with E-state index in [9.17, 15) is 4.79 Å². The molecule has 1 aromatic heterocycles. The van der Waals surface area contributed by atoms with E-state index in [1.807, 2.05) is 31.3 Å². The summed E-state index contributed by atoms with van der Waals surface area (Å²) in [6.45, 7) is 0.601. The molecular weight excluding hydrogens is 270 g/mol. The Balaban J connectivity index is 2.41. The van der Waals surface area contributed by atoms with Crippen molar-refractivity contribution in [3.63, 3.8) is 0 Å². The van der Waals surface area contributed by atoms with E-state index in [1.165, 1.54) is 0 Å². The van der Waals surface area contributed by atoms with Gasteiger partial charge >= 0.3 is 0 Å². The van der Waals surface area contributed by atoms with Crippen molar-refractivity contribution in [2.75, 3.05) is 11.9 Å². The van der Waals surface area contributed by atoms with E-state index >= 15 is 0 Å². The predicted octanol–water partition coefficient (Wildman–Crippen LogP) is 1.70. The Bertz CT molecular complexity index is 521. The highest BCUT2D eigenvalue weighted by molar-refractivity contribution is 9.09. The average molecular weight is 282 g/mol. The molecule has 84 valence electrons. The van der Waals surface area contributed by atoms with Crippen LogP contribution < -0.4 is 5.32 Å². The number of carbonyl (C=O) groups is 1. The van der Waals surface area contributed by atoms with Gasteiger partial charge in [-0.3, -0.25) is 9.48 Å². The van der Waals surface area contributed by atoms with Gasteiger partial charge in [0.15, 0.2) is 5.69 Å². The van der Waals surface area contributed by atoms with Crippen LogP contribution in [0.3, 0.4) is 0 Å². The number of aryl methyl sites for hydroxylation is 1. The number of aromatic nitrogens is 2. The van der Waals surface area contributed by atoms with Gasteiger partial charge in [0, 0.05) is 24.3 Å². The summed E-state index contributed by atoms with van der Waals surface area (Å²) in [6.07, 6.45) is 0. The Morgan fingerprint density at radius 2 is 2.25 bits per heavy atom. The molecule has 1 heterocycles. The minimum absolute atomic E-state index is 0.128. The van der Waals surface area contributed by atoms with Gasteiger partial charge in [-0.15, -0.1) is 0 Å². The Kier molecular flexibility index (Phi) is 3.24. The van der Waals surface area contributed by atoms with Crippen LogP contribution in [0.5, 0.6) is 0 Å². The van der Waals surface area contributed by atoms with Gasteiger partial charge in [-0.25, -0.2) is 0 Å². The summed E-state index contributed by atoms with van der Waals surface area (Å²) < 4.78 is 1.72. The first-order valence-electron chi connectivity index (χ1n) is 5.00. The second-order valence-corrected chi connectivity index (χ2v) is 4.23. The zero-order valence-corrected chi connectivity index (χ0v) is 10.5. The lowest BCUT2D eigenvalue weighted by Crippen LogP contribution is -2.25. The van der Waals surface area contributed by atoms with Crippen LogP contribution in [0.25, 0.3) is 10.9 Å². The van der Waals surface area contributed by atoms with E-state index < -0.39 is 0 Å². The van der Waals surface area contributed by atoms with Crippen molar-refractivity contribution in [2.45, 2.75) is 0 Å². The fourth-order valence-corrected chi connectivity index (χ4v) is 1.82. The van der Waals surface area contributed by atoms with Crippen molar-refractivity contribution >= 4 is 32.7 Å². The topological polar surface area (TPSA) is 46.9 Å². The number of amides is 1. The predicted molar refractivity (Wildman–Crippen MR) is 66.8 cm³/mol. The van der Waals surface area contributed by atoms with E-state index in [0.29, 0.717) is 12.2 Å². The molecule has 1 aromatic carbocycles. The summed E-state index contributed by atoms with van der Waals surface area (Å²) in [5.41, 5.74) is 1.45. The van der Waals surface area contributed by atoms with Gasteiger partial charge in [0.05, 0.1) is 5.52 Å². The van der Waals surface area contributed by atoms with E-state index in [2.05, 4.69) is 26.3 Å². The fraction of sp³-hybridized carbons (Fsp3) is 0.273. The van der Waals surface area contributed by atoms with Gasteiger partial charge in [0.2, 0.25) is 0 Å². The van der Waals surface area contributed by atoms with Crippen molar-refractivity contribution < 1.29 is 4.79 Å². The summed E-state index contributed by atoms with van der Waals surface area (Å²) >= 11 is 3.27. The van der Waals surface area contributed by atoms with Gasteiger partial charge in [0.1, 0.15) is 0 Å². The zero-order chi connectivity index (χ0) is 11.5. The molecule has 0 aliphatic rings. The average Bonchev–Trinajstić information content (AvgIpc) is 2.65. The number of nitrogens with zero attached hydrogens (tertiary/aromatic N) is 2. The van der Waals surface area contributed by atoms with Crippen molar-refractivity contribution in [3.8, 4) is 0 Å². The highest BCUT2D eigenvalue weighted by Crippen LogP contribution is 2.16. The highest BCUT2D eigenvalue weighted by Gasteiger charge is 2.14. The molecule has 0 saturated carbocycles. The second kappa shape index (κ2) is 4.65. The van der Waals surface area contributed by atoms with Crippen molar-refractivity contribution in [2.24, 2.45) is 7.05 Å². The Labute approximate surface area is 102 Å². The standard InChI is InChI=1S/C11H12BrN3O/c1-15-9-5-3-2-4-8(9)10(14-15)11(16)13-7-6-12/h2-5H,6-7H2,1H3,(H,13,16). The first kappa shape index (κ1) is 11.1. The molecule has 2 aromatic rings. The molecule has 0 aliphatic carbocycles. The van der Waals surface area contributed by atoms with E-state index in [0.717, 1.165) is 16.2 Å². The highest BCUT2D eigenvalue weighted by atomic mass is 79.9. The Morgan fingerprint density at radius 3 is 3.00 bits per heavy atom. The SMILES string of the molecule is Cn1nc(C(=O)NCCBr)c2ccccc21. The number of benzene rings is 1. The summed E-state index contributed by atoms with van der Waals surface area (Å²) in [7, 11) is 1.84. The molecule has 0 fully saturated rings. The minimum atomic E-state index is -0.128. The number of hydrogen-bond donors (Lipinski definition) is 1.